The van der Waals surface area contributed by atoms with Gasteiger partial charge in [-0.15, -0.1) is 11.8 Å². The average Bonchev–Trinajstić information content (AvgIpc) is 2.19. The molecule has 0 unspecified atom stereocenters. The van der Waals surface area contributed by atoms with Crippen LogP contribution in [0.5, 0.6) is 11.5 Å². The van der Waals surface area contributed by atoms with Crippen LogP contribution in [-0.2, 0) is 7.05 Å². The Hall–Kier alpha value is -1.42. The van der Waals surface area contributed by atoms with Crippen LogP contribution in [0, 0.1) is 0 Å². The maximum absolute atomic E-state index is 9.44. The molecule has 0 aliphatic carbocycles. The number of phenolic OH excluding ortho intramolecular Hbond substituents is 2. The molecule has 0 bridgehead atoms. The summed E-state index contributed by atoms with van der Waals surface area (Å²) >= 11 is 1.61. The number of rotatable bonds is 1. The van der Waals surface area contributed by atoms with E-state index in [1.807, 2.05) is 30.3 Å². The van der Waals surface area contributed by atoms with Crippen LogP contribution in [0.25, 0.3) is 10.8 Å². The molecule has 1 heterocycles. The summed E-state index contributed by atoms with van der Waals surface area (Å²) < 4.78 is 1.94. The van der Waals surface area contributed by atoms with Gasteiger partial charge < -0.3 is 10.2 Å². The fourth-order valence-corrected chi connectivity index (χ4v) is 2.26. The van der Waals surface area contributed by atoms with Crippen molar-refractivity contribution in [3.63, 3.8) is 0 Å². The summed E-state index contributed by atoms with van der Waals surface area (Å²) in [5.41, 5.74) is 0. The van der Waals surface area contributed by atoms with Gasteiger partial charge in [0.05, 0.1) is 10.3 Å². The predicted molar refractivity (Wildman–Crippen MR) is 60.2 cm³/mol. The topological polar surface area (TPSA) is 44.3 Å². The van der Waals surface area contributed by atoms with Crippen LogP contribution in [-0.4, -0.2) is 16.5 Å². The van der Waals surface area contributed by atoms with Crippen molar-refractivity contribution in [2.75, 3.05) is 6.26 Å². The zero-order valence-corrected chi connectivity index (χ0v) is 9.38. The van der Waals surface area contributed by atoms with Gasteiger partial charge in [0.25, 0.3) is 0 Å². The van der Waals surface area contributed by atoms with Gasteiger partial charge in [0.1, 0.15) is 7.05 Å². The number of thioether (sulfide) groups is 1. The van der Waals surface area contributed by atoms with E-state index in [-0.39, 0.29) is 11.5 Å². The lowest BCUT2D eigenvalue weighted by molar-refractivity contribution is -0.671. The van der Waals surface area contributed by atoms with Crippen LogP contribution < -0.4 is 4.57 Å². The van der Waals surface area contributed by atoms with E-state index in [0.29, 0.717) is 0 Å². The fourth-order valence-electron chi connectivity index (χ4n) is 1.59. The molecule has 0 spiro atoms. The van der Waals surface area contributed by atoms with Crippen LogP contribution in [0.4, 0.5) is 0 Å². The van der Waals surface area contributed by atoms with E-state index in [1.165, 1.54) is 0 Å². The molecule has 0 aliphatic rings. The Bertz CT molecular complexity index is 525. The summed E-state index contributed by atoms with van der Waals surface area (Å²) in [5.74, 6) is -0.160. The normalized spacial score (nSPS) is 10.8. The van der Waals surface area contributed by atoms with Crippen molar-refractivity contribution in [2.24, 2.45) is 7.05 Å². The summed E-state index contributed by atoms with van der Waals surface area (Å²) in [6.07, 6.45) is 5.89. The Balaban J connectivity index is 2.84. The van der Waals surface area contributed by atoms with E-state index in [2.05, 4.69) is 0 Å². The molecule has 0 aliphatic heterocycles. The average molecular weight is 222 g/mol. The molecular formula is C11H12NO2S+. The Kier molecular flexibility index (Phi) is 2.44. The Morgan fingerprint density at radius 3 is 2.47 bits per heavy atom. The molecule has 0 atom stereocenters. The molecule has 0 saturated carbocycles. The maximum Gasteiger partial charge on any atom is 0.182 e. The molecule has 4 heteroatoms. The van der Waals surface area contributed by atoms with Crippen molar-refractivity contribution in [1.29, 1.82) is 0 Å². The molecule has 1 aromatic carbocycles. The highest BCUT2D eigenvalue weighted by Crippen LogP contribution is 2.33. The first-order valence-electron chi connectivity index (χ1n) is 4.51. The molecule has 0 fully saturated rings. The number of fused-ring (bicyclic) bond motifs is 1. The van der Waals surface area contributed by atoms with Gasteiger partial charge in [0.2, 0.25) is 0 Å². The lowest BCUT2D eigenvalue weighted by Crippen LogP contribution is -2.26. The van der Waals surface area contributed by atoms with Crippen LogP contribution in [0.2, 0.25) is 0 Å². The second-order valence-corrected chi connectivity index (χ2v) is 4.27. The first-order chi connectivity index (χ1) is 7.11. The quantitative estimate of drug-likeness (QED) is 0.439. The number of nitrogens with zero attached hydrogens (tertiary/aromatic N) is 1. The van der Waals surface area contributed by atoms with Crippen LogP contribution in [0.15, 0.2) is 29.4 Å². The Morgan fingerprint density at radius 1 is 1.13 bits per heavy atom. The van der Waals surface area contributed by atoms with E-state index in [1.54, 1.807) is 23.9 Å². The third-order valence-corrected chi connectivity index (χ3v) is 3.06. The van der Waals surface area contributed by atoms with Gasteiger partial charge in [-0.25, -0.2) is 4.57 Å². The maximum atomic E-state index is 9.44. The zero-order chi connectivity index (χ0) is 11.0. The molecule has 3 nitrogen and oxygen atoms in total. The molecule has 0 saturated heterocycles. The minimum Gasteiger partial charge on any atom is -0.504 e. The largest absolute Gasteiger partial charge is 0.504 e. The molecular weight excluding hydrogens is 210 g/mol. The van der Waals surface area contributed by atoms with Crippen molar-refractivity contribution in [3.8, 4) is 11.5 Å². The molecule has 1 aromatic heterocycles. The lowest BCUT2D eigenvalue weighted by Gasteiger charge is -2.04. The van der Waals surface area contributed by atoms with E-state index in [4.69, 9.17) is 0 Å². The summed E-state index contributed by atoms with van der Waals surface area (Å²) in [4.78, 5) is 1.07. The summed E-state index contributed by atoms with van der Waals surface area (Å²) in [6, 6.07) is 3.17. The molecule has 0 amide bonds. The van der Waals surface area contributed by atoms with Gasteiger partial charge in [-0.3, -0.25) is 0 Å². The van der Waals surface area contributed by atoms with Crippen LogP contribution in [0.3, 0.4) is 0 Å². The third-order valence-electron chi connectivity index (χ3n) is 2.30. The van der Waals surface area contributed by atoms with Crippen molar-refractivity contribution >= 4 is 22.5 Å². The molecule has 15 heavy (non-hydrogen) atoms. The monoisotopic (exact) mass is 222 g/mol. The van der Waals surface area contributed by atoms with Gasteiger partial charge in [0.15, 0.2) is 23.9 Å². The van der Waals surface area contributed by atoms with Crippen molar-refractivity contribution < 1.29 is 14.8 Å². The number of benzene rings is 1. The minimum absolute atomic E-state index is 0.0772. The fraction of sp³-hybridized carbons (Fsp3) is 0.182. The van der Waals surface area contributed by atoms with E-state index in [9.17, 15) is 10.2 Å². The lowest BCUT2D eigenvalue weighted by atomic mass is 10.1. The number of hydrogen-bond donors (Lipinski definition) is 2. The third kappa shape index (κ3) is 1.72. The summed E-state index contributed by atoms with van der Waals surface area (Å²) in [7, 11) is 1.93. The second-order valence-electron chi connectivity index (χ2n) is 3.42. The van der Waals surface area contributed by atoms with Crippen LogP contribution >= 0.6 is 11.8 Å². The van der Waals surface area contributed by atoms with Gasteiger partial charge in [-0.05, 0) is 18.4 Å². The number of phenols is 2. The highest BCUT2D eigenvalue weighted by atomic mass is 32.2. The number of pyridine rings is 1. The minimum atomic E-state index is -0.0826. The Labute approximate surface area is 92.0 Å². The molecule has 0 radical (unpaired) electrons. The highest BCUT2D eigenvalue weighted by molar-refractivity contribution is 7.98. The van der Waals surface area contributed by atoms with Gasteiger partial charge in [0, 0.05) is 5.39 Å². The van der Waals surface area contributed by atoms with Crippen molar-refractivity contribution in [1.82, 2.24) is 0 Å². The van der Waals surface area contributed by atoms with E-state index in [0.717, 1.165) is 15.7 Å². The zero-order valence-electron chi connectivity index (χ0n) is 8.56. The number of hydrogen-bond acceptors (Lipinski definition) is 3. The van der Waals surface area contributed by atoms with Gasteiger partial charge in [-0.1, -0.05) is 0 Å². The van der Waals surface area contributed by atoms with E-state index >= 15 is 0 Å². The van der Waals surface area contributed by atoms with Gasteiger partial charge in [-0.2, -0.15) is 0 Å². The molecule has 2 rings (SSSR count). The second kappa shape index (κ2) is 3.62. The first kappa shape index (κ1) is 10.1. The van der Waals surface area contributed by atoms with Crippen molar-refractivity contribution in [3.05, 3.63) is 24.5 Å². The SMILES string of the molecule is CSc1c[n+](C)cc2cc(O)c(O)cc12. The van der Waals surface area contributed by atoms with Gasteiger partial charge >= 0.3 is 0 Å². The molecule has 2 aromatic rings. The first-order valence-corrected chi connectivity index (χ1v) is 5.73. The number of aromatic nitrogens is 1. The highest BCUT2D eigenvalue weighted by Gasteiger charge is 2.10. The summed E-state index contributed by atoms with van der Waals surface area (Å²) in [5, 5.41) is 20.7. The number of aryl methyl sites for hydroxylation is 1. The van der Waals surface area contributed by atoms with Crippen LogP contribution in [0.1, 0.15) is 0 Å². The molecule has 78 valence electrons. The number of aromatic hydroxyl groups is 2. The Morgan fingerprint density at radius 2 is 1.80 bits per heavy atom. The summed E-state index contributed by atoms with van der Waals surface area (Å²) in [6.45, 7) is 0. The molecule has 2 N–H and O–H groups in total. The predicted octanol–water partition coefficient (Wildman–Crippen LogP) is 1.80. The smallest absolute Gasteiger partial charge is 0.182 e. The standard InChI is InChI=1S/C11H11NO2S/c1-12-5-7-3-9(13)10(14)4-8(7)11(6-12)15-2/h3-6,13H,1-2H3/p+1. The van der Waals surface area contributed by atoms with Crippen molar-refractivity contribution in [2.45, 2.75) is 4.90 Å². The van der Waals surface area contributed by atoms with E-state index < -0.39 is 0 Å².